The van der Waals surface area contributed by atoms with Crippen molar-refractivity contribution in [3.05, 3.63) is 53.6 Å². The molecule has 2 aromatic carbocycles. The molecule has 0 aliphatic rings. The van der Waals surface area contributed by atoms with Gasteiger partial charge in [0.2, 0.25) is 0 Å². The molecule has 0 aliphatic heterocycles. The number of para-hydroxylation sites is 1. The summed E-state index contributed by atoms with van der Waals surface area (Å²) in [5, 5.41) is 8.33. The van der Waals surface area contributed by atoms with Crippen LogP contribution < -0.4 is 4.74 Å². The summed E-state index contributed by atoms with van der Waals surface area (Å²) in [6, 6.07) is 14.3. The van der Waals surface area contributed by atoms with E-state index in [-0.39, 0.29) is 0 Å². The molecular weight excluding hydrogens is 262 g/mol. The minimum Gasteiger partial charge on any atom is -0.494 e. The van der Waals surface area contributed by atoms with Crippen LogP contribution in [-0.4, -0.2) is 21.6 Å². The first kappa shape index (κ1) is 13.6. The summed E-state index contributed by atoms with van der Waals surface area (Å²) in [5.41, 5.74) is 4.47. The van der Waals surface area contributed by atoms with Gasteiger partial charge in [-0.2, -0.15) is 0 Å². The van der Waals surface area contributed by atoms with Crippen molar-refractivity contribution in [2.24, 2.45) is 0 Å². The van der Waals surface area contributed by atoms with Crippen LogP contribution in [0, 0.1) is 13.8 Å². The summed E-state index contributed by atoms with van der Waals surface area (Å²) in [7, 11) is 0. The Morgan fingerprint density at radius 2 is 1.81 bits per heavy atom. The van der Waals surface area contributed by atoms with Crippen molar-refractivity contribution in [2.45, 2.75) is 26.8 Å². The number of fused-ring (bicyclic) bond motifs is 1. The largest absolute Gasteiger partial charge is 0.494 e. The van der Waals surface area contributed by atoms with E-state index in [4.69, 9.17) is 4.74 Å². The molecule has 108 valence electrons. The molecule has 0 unspecified atom stereocenters. The quantitative estimate of drug-likeness (QED) is 0.672. The van der Waals surface area contributed by atoms with Gasteiger partial charge < -0.3 is 4.74 Å². The van der Waals surface area contributed by atoms with Gasteiger partial charge in [-0.3, -0.25) is 0 Å². The maximum absolute atomic E-state index is 5.82. The van der Waals surface area contributed by atoms with Gasteiger partial charge in [-0.1, -0.05) is 23.4 Å². The average molecular weight is 281 g/mol. The van der Waals surface area contributed by atoms with Gasteiger partial charge in [0.05, 0.1) is 12.1 Å². The summed E-state index contributed by atoms with van der Waals surface area (Å²) in [6.45, 7) is 5.66. The Balaban J connectivity index is 1.56. The topological polar surface area (TPSA) is 39.9 Å². The van der Waals surface area contributed by atoms with Crippen molar-refractivity contribution >= 4 is 11.0 Å². The van der Waals surface area contributed by atoms with Gasteiger partial charge in [-0.25, -0.2) is 4.68 Å². The van der Waals surface area contributed by atoms with E-state index in [1.54, 1.807) is 0 Å². The number of hydrogen-bond acceptors (Lipinski definition) is 3. The van der Waals surface area contributed by atoms with Crippen LogP contribution in [0.1, 0.15) is 17.5 Å². The van der Waals surface area contributed by atoms with Crippen LogP contribution >= 0.6 is 0 Å². The number of rotatable bonds is 5. The van der Waals surface area contributed by atoms with Gasteiger partial charge in [0.1, 0.15) is 11.3 Å². The second-order valence-electron chi connectivity index (χ2n) is 5.33. The molecule has 4 heteroatoms. The summed E-state index contributed by atoms with van der Waals surface area (Å²) >= 11 is 0. The van der Waals surface area contributed by atoms with Gasteiger partial charge in [-0.05, 0) is 49.2 Å². The lowest BCUT2D eigenvalue weighted by atomic mass is 10.1. The highest BCUT2D eigenvalue weighted by Crippen LogP contribution is 2.16. The highest BCUT2D eigenvalue weighted by atomic mass is 16.5. The first-order valence-corrected chi connectivity index (χ1v) is 7.22. The summed E-state index contributed by atoms with van der Waals surface area (Å²) < 4.78 is 7.75. The monoisotopic (exact) mass is 281 g/mol. The van der Waals surface area contributed by atoms with Crippen LogP contribution in [0.5, 0.6) is 5.75 Å². The number of aromatic nitrogens is 3. The van der Waals surface area contributed by atoms with E-state index in [0.29, 0.717) is 6.61 Å². The maximum Gasteiger partial charge on any atom is 0.119 e. The summed E-state index contributed by atoms with van der Waals surface area (Å²) in [6.07, 6.45) is 0.903. The molecule has 0 atom stereocenters. The Hall–Kier alpha value is -2.36. The summed E-state index contributed by atoms with van der Waals surface area (Å²) in [4.78, 5) is 0. The Labute approximate surface area is 124 Å². The molecule has 3 rings (SSSR count). The fraction of sp³-hybridized carbons (Fsp3) is 0.294. The van der Waals surface area contributed by atoms with Crippen LogP contribution in [0.3, 0.4) is 0 Å². The summed E-state index contributed by atoms with van der Waals surface area (Å²) in [5.74, 6) is 0.941. The predicted octanol–water partition coefficient (Wildman–Crippen LogP) is 3.52. The molecular formula is C17H19N3O. The minimum absolute atomic E-state index is 0.678. The molecule has 1 heterocycles. The van der Waals surface area contributed by atoms with Crippen molar-refractivity contribution in [1.29, 1.82) is 0 Å². The van der Waals surface area contributed by atoms with E-state index >= 15 is 0 Å². The Kier molecular flexibility index (Phi) is 3.86. The van der Waals surface area contributed by atoms with E-state index in [0.717, 1.165) is 29.7 Å². The molecule has 0 aliphatic carbocycles. The van der Waals surface area contributed by atoms with Crippen molar-refractivity contribution < 1.29 is 4.74 Å². The number of nitrogens with zero attached hydrogens (tertiary/aromatic N) is 3. The van der Waals surface area contributed by atoms with Crippen molar-refractivity contribution in [1.82, 2.24) is 15.0 Å². The average Bonchev–Trinajstić information content (AvgIpc) is 2.86. The van der Waals surface area contributed by atoms with Gasteiger partial charge in [0.25, 0.3) is 0 Å². The highest BCUT2D eigenvalue weighted by Gasteiger charge is 2.03. The second-order valence-corrected chi connectivity index (χ2v) is 5.33. The first-order chi connectivity index (χ1) is 10.2. The Bertz CT molecular complexity index is 728. The number of aryl methyl sites for hydroxylation is 3. The lowest BCUT2D eigenvalue weighted by Crippen LogP contribution is -2.06. The molecule has 0 fully saturated rings. The lowest BCUT2D eigenvalue weighted by molar-refractivity contribution is 0.298. The van der Waals surface area contributed by atoms with Crippen molar-refractivity contribution in [3.63, 3.8) is 0 Å². The molecule has 0 radical (unpaired) electrons. The normalized spacial score (nSPS) is 11.0. The van der Waals surface area contributed by atoms with Crippen LogP contribution in [0.15, 0.2) is 42.5 Å². The zero-order valence-corrected chi connectivity index (χ0v) is 12.4. The zero-order chi connectivity index (χ0) is 14.7. The van der Waals surface area contributed by atoms with E-state index in [2.05, 4.69) is 42.4 Å². The van der Waals surface area contributed by atoms with Gasteiger partial charge in [0.15, 0.2) is 0 Å². The van der Waals surface area contributed by atoms with Gasteiger partial charge in [-0.15, -0.1) is 5.10 Å². The number of benzene rings is 2. The van der Waals surface area contributed by atoms with Gasteiger partial charge >= 0.3 is 0 Å². The second kappa shape index (κ2) is 5.95. The first-order valence-electron chi connectivity index (χ1n) is 7.22. The molecule has 3 aromatic rings. The molecule has 1 aromatic heterocycles. The molecule has 0 saturated heterocycles. The van der Waals surface area contributed by atoms with Gasteiger partial charge in [0, 0.05) is 13.0 Å². The lowest BCUT2D eigenvalue weighted by Gasteiger charge is -2.08. The standard InChI is InChI=1S/C17H19N3O/c1-13-10-14(2)12-15(11-13)21-9-5-8-20-17-7-4-3-6-16(17)18-19-20/h3-4,6-7,10-12H,5,8-9H2,1-2H3. The van der Waals surface area contributed by atoms with Crippen molar-refractivity contribution in [2.75, 3.05) is 6.61 Å². The van der Waals surface area contributed by atoms with E-state index in [1.165, 1.54) is 11.1 Å². The zero-order valence-electron chi connectivity index (χ0n) is 12.4. The number of hydrogen-bond donors (Lipinski definition) is 0. The maximum atomic E-state index is 5.82. The Morgan fingerprint density at radius 3 is 2.62 bits per heavy atom. The molecule has 0 amide bonds. The third-order valence-corrected chi connectivity index (χ3v) is 3.40. The molecule has 4 nitrogen and oxygen atoms in total. The minimum atomic E-state index is 0.678. The van der Waals surface area contributed by atoms with Crippen molar-refractivity contribution in [3.8, 4) is 5.75 Å². The van der Waals surface area contributed by atoms with Crippen LogP contribution in [0.2, 0.25) is 0 Å². The predicted molar refractivity (Wildman–Crippen MR) is 83.6 cm³/mol. The van der Waals surface area contributed by atoms with Crippen LogP contribution in [-0.2, 0) is 6.54 Å². The third kappa shape index (κ3) is 3.21. The fourth-order valence-corrected chi connectivity index (χ4v) is 2.50. The Morgan fingerprint density at radius 1 is 1.05 bits per heavy atom. The smallest absolute Gasteiger partial charge is 0.119 e. The van der Waals surface area contributed by atoms with E-state index in [9.17, 15) is 0 Å². The van der Waals surface area contributed by atoms with Crippen LogP contribution in [0.4, 0.5) is 0 Å². The molecule has 0 bridgehead atoms. The molecule has 21 heavy (non-hydrogen) atoms. The third-order valence-electron chi connectivity index (χ3n) is 3.40. The van der Waals surface area contributed by atoms with E-state index < -0.39 is 0 Å². The molecule has 0 saturated carbocycles. The van der Waals surface area contributed by atoms with Crippen LogP contribution in [0.25, 0.3) is 11.0 Å². The number of ether oxygens (including phenoxy) is 1. The SMILES string of the molecule is Cc1cc(C)cc(OCCCn2nnc3ccccc32)c1. The molecule has 0 spiro atoms. The van der Waals surface area contributed by atoms with E-state index in [1.807, 2.05) is 28.9 Å². The highest BCUT2D eigenvalue weighted by molar-refractivity contribution is 5.73. The molecule has 0 N–H and O–H groups in total. The fourth-order valence-electron chi connectivity index (χ4n) is 2.50.